The van der Waals surface area contributed by atoms with E-state index >= 15 is 0 Å². The van der Waals surface area contributed by atoms with E-state index in [1.54, 1.807) is 13.8 Å². The summed E-state index contributed by atoms with van der Waals surface area (Å²) in [5, 5.41) is 10.2. The van der Waals surface area contributed by atoms with Gasteiger partial charge in [0.05, 0.1) is 0 Å². The van der Waals surface area contributed by atoms with Crippen LogP contribution in [-0.2, 0) is 21.4 Å². The molecule has 130 valence electrons. The van der Waals surface area contributed by atoms with Gasteiger partial charge in [0.25, 0.3) is 10.0 Å². The van der Waals surface area contributed by atoms with Crippen LogP contribution in [-0.4, -0.2) is 35.9 Å². The zero-order valence-electron chi connectivity index (χ0n) is 14.0. The summed E-state index contributed by atoms with van der Waals surface area (Å²) in [6.07, 6.45) is 0. The molecule has 1 heterocycles. The first-order valence-corrected chi connectivity index (χ1v) is 9.62. The van der Waals surface area contributed by atoms with Gasteiger partial charge >= 0.3 is 0 Å². The standard InChI is InChI=1S/C15H20N4O3S2/c1-10(2)13(20)16-14-17-18-15(23-14)24(21,22)19(4)9-12-7-5-11(3)6-8-12/h5-8,10H,9H2,1-4H3,(H,16,17,20). The van der Waals surface area contributed by atoms with E-state index in [-0.39, 0.29) is 27.8 Å². The van der Waals surface area contributed by atoms with E-state index in [9.17, 15) is 13.2 Å². The third-order valence-electron chi connectivity index (χ3n) is 3.32. The van der Waals surface area contributed by atoms with Crippen molar-refractivity contribution in [3.05, 3.63) is 35.4 Å². The molecule has 0 aliphatic heterocycles. The number of carbonyl (C=O) groups excluding carboxylic acids is 1. The molecule has 1 N–H and O–H groups in total. The quantitative estimate of drug-likeness (QED) is 0.790. The highest BCUT2D eigenvalue weighted by Gasteiger charge is 2.26. The van der Waals surface area contributed by atoms with Crippen LogP contribution in [0, 0.1) is 12.8 Å². The first kappa shape index (κ1) is 18.5. The average Bonchev–Trinajstić information content (AvgIpc) is 2.98. The Morgan fingerprint density at radius 1 is 1.25 bits per heavy atom. The van der Waals surface area contributed by atoms with Crippen LogP contribution >= 0.6 is 11.3 Å². The predicted molar refractivity (Wildman–Crippen MR) is 93.2 cm³/mol. The molecule has 0 unspecified atom stereocenters. The number of hydrogen-bond acceptors (Lipinski definition) is 6. The van der Waals surface area contributed by atoms with Crippen molar-refractivity contribution in [3.63, 3.8) is 0 Å². The van der Waals surface area contributed by atoms with Gasteiger partial charge in [0.15, 0.2) is 0 Å². The van der Waals surface area contributed by atoms with Crippen molar-refractivity contribution in [2.24, 2.45) is 5.92 Å². The molecule has 24 heavy (non-hydrogen) atoms. The van der Waals surface area contributed by atoms with Crippen molar-refractivity contribution >= 4 is 32.4 Å². The predicted octanol–water partition coefficient (Wildman–Crippen LogP) is 2.26. The van der Waals surface area contributed by atoms with E-state index in [1.165, 1.54) is 11.4 Å². The number of nitrogens with one attached hydrogen (secondary N) is 1. The van der Waals surface area contributed by atoms with Crippen molar-refractivity contribution in [2.75, 3.05) is 12.4 Å². The second-order valence-electron chi connectivity index (χ2n) is 5.76. The van der Waals surface area contributed by atoms with Crippen molar-refractivity contribution in [1.29, 1.82) is 0 Å². The fourth-order valence-corrected chi connectivity index (χ4v) is 4.03. The van der Waals surface area contributed by atoms with Gasteiger partial charge in [0.2, 0.25) is 15.4 Å². The number of hydrogen-bond donors (Lipinski definition) is 1. The summed E-state index contributed by atoms with van der Waals surface area (Å²) in [5.74, 6) is -0.457. The minimum atomic E-state index is -3.76. The first-order chi connectivity index (χ1) is 11.2. The van der Waals surface area contributed by atoms with Crippen LogP contribution in [0.1, 0.15) is 25.0 Å². The third-order valence-corrected chi connectivity index (χ3v) is 6.31. The summed E-state index contributed by atoms with van der Waals surface area (Å²) < 4.78 is 26.2. The van der Waals surface area contributed by atoms with Gasteiger partial charge in [-0.15, -0.1) is 10.2 Å². The molecule has 2 aromatic rings. The van der Waals surface area contributed by atoms with Crippen LogP contribution in [0.25, 0.3) is 0 Å². The highest BCUT2D eigenvalue weighted by molar-refractivity contribution is 7.91. The summed E-state index contributed by atoms with van der Waals surface area (Å²) in [7, 11) is -2.27. The fourth-order valence-electron chi connectivity index (χ4n) is 1.78. The van der Waals surface area contributed by atoms with E-state index in [2.05, 4.69) is 15.5 Å². The Morgan fingerprint density at radius 3 is 2.46 bits per heavy atom. The molecule has 0 saturated carbocycles. The van der Waals surface area contributed by atoms with Gasteiger partial charge in [-0.2, -0.15) is 4.31 Å². The largest absolute Gasteiger partial charge is 0.300 e. The second kappa shape index (κ2) is 7.37. The van der Waals surface area contributed by atoms with Crippen LogP contribution < -0.4 is 5.32 Å². The SMILES string of the molecule is Cc1ccc(CN(C)S(=O)(=O)c2nnc(NC(=O)C(C)C)s2)cc1. The van der Waals surface area contributed by atoms with Gasteiger partial charge in [-0.05, 0) is 12.5 Å². The van der Waals surface area contributed by atoms with Gasteiger partial charge in [-0.3, -0.25) is 4.79 Å². The van der Waals surface area contributed by atoms with Crippen LogP contribution in [0.5, 0.6) is 0 Å². The minimum absolute atomic E-state index is 0.142. The lowest BCUT2D eigenvalue weighted by Crippen LogP contribution is -2.26. The molecular formula is C15H20N4O3S2. The lowest BCUT2D eigenvalue weighted by Gasteiger charge is -2.15. The molecule has 1 amide bonds. The monoisotopic (exact) mass is 368 g/mol. The van der Waals surface area contributed by atoms with Crippen LogP contribution in [0.3, 0.4) is 0 Å². The normalized spacial score (nSPS) is 11.9. The molecule has 0 atom stereocenters. The summed E-state index contributed by atoms with van der Waals surface area (Å²) in [6.45, 7) is 5.68. The third kappa shape index (κ3) is 4.37. The molecule has 2 rings (SSSR count). The van der Waals surface area contributed by atoms with Gasteiger partial charge in [0, 0.05) is 19.5 Å². The van der Waals surface area contributed by atoms with Crippen molar-refractivity contribution < 1.29 is 13.2 Å². The minimum Gasteiger partial charge on any atom is -0.300 e. The molecule has 0 aliphatic rings. The van der Waals surface area contributed by atoms with Crippen molar-refractivity contribution in [3.8, 4) is 0 Å². The summed E-state index contributed by atoms with van der Waals surface area (Å²) in [6, 6.07) is 7.63. The Morgan fingerprint density at radius 2 is 1.88 bits per heavy atom. The molecule has 0 saturated heterocycles. The van der Waals surface area contributed by atoms with E-state index < -0.39 is 10.0 Å². The Labute approximate surface area is 145 Å². The summed E-state index contributed by atoms with van der Waals surface area (Å²) in [4.78, 5) is 11.6. The fraction of sp³-hybridized carbons (Fsp3) is 0.400. The van der Waals surface area contributed by atoms with Crippen molar-refractivity contribution in [1.82, 2.24) is 14.5 Å². The number of anilines is 1. The molecule has 1 aromatic carbocycles. The lowest BCUT2D eigenvalue weighted by atomic mass is 10.1. The van der Waals surface area contributed by atoms with E-state index in [4.69, 9.17) is 0 Å². The number of benzene rings is 1. The zero-order chi connectivity index (χ0) is 17.9. The zero-order valence-corrected chi connectivity index (χ0v) is 15.6. The Bertz CT molecular complexity index is 813. The summed E-state index contributed by atoms with van der Waals surface area (Å²) >= 11 is 0.843. The smallest absolute Gasteiger partial charge is 0.272 e. The molecule has 0 bridgehead atoms. The Hall–Kier alpha value is -1.84. The van der Waals surface area contributed by atoms with Crippen LogP contribution in [0.15, 0.2) is 28.6 Å². The maximum atomic E-state index is 12.6. The number of aryl methyl sites for hydroxylation is 1. The van der Waals surface area contributed by atoms with Gasteiger partial charge in [-0.25, -0.2) is 8.42 Å². The molecule has 7 nitrogen and oxygen atoms in total. The number of aromatic nitrogens is 2. The maximum absolute atomic E-state index is 12.6. The maximum Gasteiger partial charge on any atom is 0.272 e. The topological polar surface area (TPSA) is 92.3 Å². The van der Waals surface area contributed by atoms with Crippen LogP contribution in [0.2, 0.25) is 0 Å². The van der Waals surface area contributed by atoms with Gasteiger partial charge < -0.3 is 5.32 Å². The number of amides is 1. The van der Waals surface area contributed by atoms with E-state index in [0.717, 1.165) is 22.5 Å². The second-order valence-corrected chi connectivity index (χ2v) is 8.96. The van der Waals surface area contributed by atoms with Gasteiger partial charge in [0.1, 0.15) is 0 Å². The molecule has 1 aromatic heterocycles. The van der Waals surface area contributed by atoms with Crippen molar-refractivity contribution in [2.45, 2.75) is 31.7 Å². The first-order valence-electron chi connectivity index (χ1n) is 7.36. The molecular weight excluding hydrogens is 348 g/mol. The number of sulfonamides is 1. The van der Waals surface area contributed by atoms with Crippen LogP contribution in [0.4, 0.5) is 5.13 Å². The van der Waals surface area contributed by atoms with Gasteiger partial charge in [-0.1, -0.05) is 55.0 Å². The molecule has 0 spiro atoms. The number of nitrogens with zero attached hydrogens (tertiary/aromatic N) is 3. The Balaban J connectivity index is 2.13. The highest BCUT2D eigenvalue weighted by atomic mass is 32.2. The molecule has 0 aliphatic carbocycles. The molecule has 9 heteroatoms. The number of rotatable bonds is 6. The average molecular weight is 368 g/mol. The summed E-state index contributed by atoms with van der Waals surface area (Å²) in [5.41, 5.74) is 1.99. The molecule has 0 fully saturated rings. The van der Waals surface area contributed by atoms with E-state index in [0.29, 0.717) is 0 Å². The Kier molecular flexibility index (Phi) is 5.68. The number of carbonyl (C=O) groups is 1. The highest BCUT2D eigenvalue weighted by Crippen LogP contribution is 2.24. The lowest BCUT2D eigenvalue weighted by molar-refractivity contribution is -0.118. The van der Waals surface area contributed by atoms with E-state index in [1.807, 2.05) is 31.2 Å². The molecule has 0 radical (unpaired) electrons.